The number of imidazole rings is 1. The van der Waals surface area contributed by atoms with E-state index in [9.17, 15) is 4.79 Å². The summed E-state index contributed by atoms with van der Waals surface area (Å²) in [6, 6.07) is 7.15. The predicted molar refractivity (Wildman–Crippen MR) is 95.6 cm³/mol. The number of aromatic nitrogens is 2. The molecule has 1 unspecified atom stereocenters. The third kappa shape index (κ3) is 2.91. The van der Waals surface area contributed by atoms with E-state index in [0.717, 1.165) is 56.4 Å². The second-order valence-electron chi connectivity index (χ2n) is 7.45. The molecule has 0 aliphatic carbocycles. The molecule has 4 rings (SSSR count). The standard InChI is InChI=1S/C19H27N3O2/c1-13-3-4-17-18(11-13)22(19(23)20-17)15-5-8-21(9-6-15)16-7-10-24-14(2)12-16/h3-4,11,14-16H,5-10,12H2,1-2H3,(H,20,23)/t14?,16-/m1/s1. The molecule has 2 aromatic rings. The molecule has 1 aromatic heterocycles. The highest BCUT2D eigenvalue weighted by Crippen LogP contribution is 2.29. The van der Waals surface area contributed by atoms with Crippen LogP contribution in [0.5, 0.6) is 0 Å². The number of ether oxygens (including phenoxy) is 1. The van der Waals surface area contributed by atoms with E-state index in [1.165, 1.54) is 5.56 Å². The van der Waals surface area contributed by atoms with E-state index in [-0.39, 0.29) is 5.69 Å². The summed E-state index contributed by atoms with van der Waals surface area (Å²) in [6.07, 6.45) is 4.75. The van der Waals surface area contributed by atoms with Gasteiger partial charge >= 0.3 is 5.69 Å². The minimum atomic E-state index is 0.0359. The van der Waals surface area contributed by atoms with Crippen LogP contribution in [0.2, 0.25) is 0 Å². The first-order chi connectivity index (χ1) is 11.6. The van der Waals surface area contributed by atoms with Crippen LogP contribution in [0.4, 0.5) is 0 Å². The minimum absolute atomic E-state index is 0.0359. The van der Waals surface area contributed by atoms with Gasteiger partial charge in [-0.25, -0.2) is 4.79 Å². The van der Waals surface area contributed by atoms with E-state index in [1.54, 1.807) is 0 Å². The number of hydrogen-bond acceptors (Lipinski definition) is 3. The first-order valence-electron chi connectivity index (χ1n) is 9.18. The number of nitrogens with one attached hydrogen (secondary N) is 1. The number of piperidine rings is 1. The third-order valence-electron chi connectivity index (χ3n) is 5.71. The Kier molecular flexibility index (Phi) is 4.22. The molecule has 130 valence electrons. The van der Waals surface area contributed by atoms with Crippen LogP contribution in [-0.2, 0) is 4.74 Å². The first kappa shape index (κ1) is 15.9. The summed E-state index contributed by atoms with van der Waals surface area (Å²) in [7, 11) is 0. The highest BCUT2D eigenvalue weighted by Gasteiger charge is 2.30. The molecule has 5 nitrogen and oxygen atoms in total. The minimum Gasteiger partial charge on any atom is -0.378 e. The van der Waals surface area contributed by atoms with Gasteiger partial charge in [-0.2, -0.15) is 0 Å². The quantitative estimate of drug-likeness (QED) is 0.922. The Morgan fingerprint density at radius 1 is 1.17 bits per heavy atom. The van der Waals surface area contributed by atoms with Gasteiger partial charge in [0.2, 0.25) is 0 Å². The number of aromatic amines is 1. The average molecular weight is 329 g/mol. The van der Waals surface area contributed by atoms with Crippen molar-refractivity contribution in [3.05, 3.63) is 34.2 Å². The van der Waals surface area contributed by atoms with Crippen molar-refractivity contribution in [2.75, 3.05) is 19.7 Å². The summed E-state index contributed by atoms with van der Waals surface area (Å²) < 4.78 is 7.67. The lowest BCUT2D eigenvalue weighted by atomic mass is 9.97. The number of hydrogen-bond donors (Lipinski definition) is 1. The molecule has 0 bridgehead atoms. The second kappa shape index (κ2) is 6.37. The van der Waals surface area contributed by atoms with E-state index < -0.39 is 0 Å². The van der Waals surface area contributed by atoms with Crippen molar-refractivity contribution in [3.8, 4) is 0 Å². The lowest BCUT2D eigenvalue weighted by Crippen LogP contribution is -2.46. The van der Waals surface area contributed by atoms with Crippen LogP contribution >= 0.6 is 0 Å². The van der Waals surface area contributed by atoms with Gasteiger partial charge in [0.05, 0.1) is 17.1 Å². The maximum absolute atomic E-state index is 12.5. The van der Waals surface area contributed by atoms with Crippen LogP contribution < -0.4 is 5.69 Å². The molecule has 5 heteroatoms. The van der Waals surface area contributed by atoms with E-state index >= 15 is 0 Å². The average Bonchev–Trinajstić information content (AvgIpc) is 2.90. The molecule has 2 aliphatic heterocycles. The molecule has 1 aromatic carbocycles. The first-order valence-corrected chi connectivity index (χ1v) is 9.18. The summed E-state index contributed by atoms with van der Waals surface area (Å²) >= 11 is 0. The SMILES string of the molecule is Cc1ccc2[nH]c(=O)n(C3CCN([C@@H]4CCOC(C)C4)CC3)c2c1. The van der Waals surface area contributed by atoms with Crippen molar-refractivity contribution in [2.24, 2.45) is 0 Å². The lowest BCUT2D eigenvalue weighted by Gasteiger charge is -2.40. The Morgan fingerprint density at radius 2 is 1.96 bits per heavy atom. The van der Waals surface area contributed by atoms with Gasteiger partial charge in [0, 0.05) is 31.8 Å². The smallest absolute Gasteiger partial charge is 0.326 e. The number of fused-ring (bicyclic) bond motifs is 1. The van der Waals surface area contributed by atoms with Gasteiger partial charge in [0.25, 0.3) is 0 Å². The zero-order chi connectivity index (χ0) is 16.7. The van der Waals surface area contributed by atoms with Crippen LogP contribution in [0.1, 0.15) is 44.2 Å². The van der Waals surface area contributed by atoms with Crippen molar-refractivity contribution in [2.45, 2.75) is 57.7 Å². The number of likely N-dealkylation sites (tertiary alicyclic amines) is 1. The normalized spacial score (nSPS) is 26.9. The fraction of sp³-hybridized carbons (Fsp3) is 0.632. The van der Waals surface area contributed by atoms with Crippen LogP contribution in [0.25, 0.3) is 11.0 Å². The lowest BCUT2D eigenvalue weighted by molar-refractivity contribution is -0.0241. The maximum Gasteiger partial charge on any atom is 0.326 e. The molecule has 2 aliphatic rings. The summed E-state index contributed by atoms with van der Waals surface area (Å²) in [5.74, 6) is 0. The van der Waals surface area contributed by atoms with Gasteiger partial charge in [-0.1, -0.05) is 6.07 Å². The summed E-state index contributed by atoms with van der Waals surface area (Å²) in [5.41, 5.74) is 3.24. The molecular formula is C19H27N3O2. The molecular weight excluding hydrogens is 302 g/mol. The molecule has 3 heterocycles. The third-order valence-corrected chi connectivity index (χ3v) is 5.71. The molecule has 0 amide bonds. The largest absolute Gasteiger partial charge is 0.378 e. The summed E-state index contributed by atoms with van der Waals surface area (Å²) in [5, 5.41) is 0. The molecule has 0 spiro atoms. The van der Waals surface area contributed by atoms with Crippen molar-refractivity contribution in [1.82, 2.24) is 14.5 Å². The van der Waals surface area contributed by atoms with Crippen LogP contribution in [0.3, 0.4) is 0 Å². The van der Waals surface area contributed by atoms with E-state index in [0.29, 0.717) is 18.2 Å². The number of aryl methyl sites for hydroxylation is 1. The fourth-order valence-electron chi connectivity index (χ4n) is 4.41. The van der Waals surface area contributed by atoms with Gasteiger partial charge in [-0.15, -0.1) is 0 Å². The van der Waals surface area contributed by atoms with Crippen molar-refractivity contribution in [3.63, 3.8) is 0 Å². The molecule has 0 saturated carbocycles. The van der Waals surface area contributed by atoms with Gasteiger partial charge < -0.3 is 14.6 Å². The molecule has 2 saturated heterocycles. The zero-order valence-electron chi connectivity index (χ0n) is 14.6. The Morgan fingerprint density at radius 3 is 2.71 bits per heavy atom. The zero-order valence-corrected chi connectivity index (χ0v) is 14.6. The Hall–Kier alpha value is -1.59. The van der Waals surface area contributed by atoms with Crippen LogP contribution in [0.15, 0.2) is 23.0 Å². The molecule has 1 N–H and O–H groups in total. The fourth-order valence-corrected chi connectivity index (χ4v) is 4.41. The molecule has 0 radical (unpaired) electrons. The van der Waals surface area contributed by atoms with E-state index in [2.05, 4.69) is 35.9 Å². The van der Waals surface area contributed by atoms with E-state index in [4.69, 9.17) is 4.74 Å². The molecule has 2 fully saturated rings. The van der Waals surface area contributed by atoms with Crippen molar-refractivity contribution in [1.29, 1.82) is 0 Å². The molecule has 2 atom stereocenters. The van der Waals surface area contributed by atoms with Gasteiger partial charge in [-0.3, -0.25) is 4.57 Å². The van der Waals surface area contributed by atoms with Crippen molar-refractivity contribution < 1.29 is 4.74 Å². The second-order valence-corrected chi connectivity index (χ2v) is 7.45. The summed E-state index contributed by atoms with van der Waals surface area (Å²) in [4.78, 5) is 18.1. The van der Waals surface area contributed by atoms with Gasteiger partial charge in [-0.05, 0) is 57.2 Å². The van der Waals surface area contributed by atoms with Gasteiger partial charge in [0.15, 0.2) is 0 Å². The topological polar surface area (TPSA) is 50.3 Å². The van der Waals surface area contributed by atoms with Crippen molar-refractivity contribution >= 4 is 11.0 Å². The highest BCUT2D eigenvalue weighted by molar-refractivity contribution is 5.76. The Balaban J connectivity index is 1.51. The predicted octanol–water partition coefficient (Wildman–Crippen LogP) is 2.84. The summed E-state index contributed by atoms with van der Waals surface area (Å²) in [6.45, 7) is 7.29. The van der Waals surface area contributed by atoms with Crippen LogP contribution in [-0.4, -0.2) is 46.3 Å². The van der Waals surface area contributed by atoms with Gasteiger partial charge in [0.1, 0.15) is 0 Å². The number of rotatable bonds is 2. The monoisotopic (exact) mass is 329 g/mol. The number of benzene rings is 1. The van der Waals surface area contributed by atoms with E-state index in [1.807, 2.05) is 10.6 Å². The maximum atomic E-state index is 12.5. The number of nitrogens with zero attached hydrogens (tertiary/aromatic N) is 2. The Labute approximate surface area is 142 Å². The highest BCUT2D eigenvalue weighted by atomic mass is 16.5. The van der Waals surface area contributed by atoms with Crippen LogP contribution in [0, 0.1) is 6.92 Å². The molecule has 24 heavy (non-hydrogen) atoms. The number of H-pyrrole nitrogens is 1. The Bertz CT molecular complexity index is 771.